The molecule has 0 fully saturated rings. The quantitative estimate of drug-likeness (QED) is 0.171. The van der Waals surface area contributed by atoms with Crippen molar-refractivity contribution in [1.82, 2.24) is 9.13 Å². The molecule has 54 heavy (non-hydrogen) atoms. The van der Waals surface area contributed by atoms with E-state index in [1.807, 2.05) is 0 Å². The van der Waals surface area contributed by atoms with Gasteiger partial charge in [0.25, 0.3) is 0 Å². The van der Waals surface area contributed by atoms with Crippen LogP contribution in [0.2, 0.25) is 0 Å². The van der Waals surface area contributed by atoms with Crippen molar-refractivity contribution in [2.75, 3.05) is 0 Å². The second kappa shape index (κ2) is 12.2. The summed E-state index contributed by atoms with van der Waals surface area (Å²) < 4.78 is 4.86. The Kier molecular flexibility index (Phi) is 6.90. The number of aromatic nitrogens is 2. The predicted molar refractivity (Wildman–Crippen MR) is 229 cm³/mol. The summed E-state index contributed by atoms with van der Waals surface area (Å²) in [6.07, 6.45) is 0. The fraction of sp³-hybridized carbons (Fsp3) is 0. The van der Waals surface area contributed by atoms with Gasteiger partial charge >= 0.3 is 0 Å². The standard InChI is InChI=1S/C52H34N2/c1-3-13-35(14-4-1)41-29-42(36-15-5-2-6-16-36)32-44(31-41)54-50-22-12-10-20-46(50)48-33-39(25-28-51(48)54)40-24-27-47-45-19-9-11-21-49(45)53(52(47)34-40)43-26-23-37-17-7-8-18-38(37)30-43/h1-34H. The van der Waals surface area contributed by atoms with Crippen molar-refractivity contribution < 1.29 is 0 Å². The van der Waals surface area contributed by atoms with E-state index in [1.54, 1.807) is 0 Å². The topological polar surface area (TPSA) is 9.86 Å². The van der Waals surface area contributed by atoms with Gasteiger partial charge in [-0.05, 0) is 105 Å². The molecule has 0 saturated carbocycles. The Labute approximate surface area is 313 Å². The second-order valence-corrected chi connectivity index (χ2v) is 14.2. The first kappa shape index (κ1) is 30.5. The molecule has 0 bridgehead atoms. The van der Waals surface area contributed by atoms with E-state index in [9.17, 15) is 0 Å². The number of hydrogen-bond acceptors (Lipinski definition) is 0. The maximum Gasteiger partial charge on any atom is 0.0547 e. The van der Waals surface area contributed by atoms with Gasteiger partial charge < -0.3 is 9.13 Å². The van der Waals surface area contributed by atoms with E-state index in [4.69, 9.17) is 0 Å². The molecule has 0 unspecified atom stereocenters. The average molecular weight is 687 g/mol. The minimum Gasteiger partial charge on any atom is -0.309 e. The van der Waals surface area contributed by atoms with Crippen molar-refractivity contribution in [2.45, 2.75) is 0 Å². The van der Waals surface area contributed by atoms with Crippen LogP contribution >= 0.6 is 0 Å². The lowest BCUT2D eigenvalue weighted by atomic mass is 9.98. The lowest BCUT2D eigenvalue weighted by molar-refractivity contribution is 1.18. The lowest BCUT2D eigenvalue weighted by Crippen LogP contribution is -1.96. The van der Waals surface area contributed by atoms with Crippen LogP contribution in [0.25, 0.3) is 99.1 Å². The molecule has 9 aromatic carbocycles. The molecule has 0 aliphatic heterocycles. The van der Waals surface area contributed by atoms with Gasteiger partial charge in [0, 0.05) is 32.9 Å². The van der Waals surface area contributed by atoms with Crippen LogP contribution in [0.15, 0.2) is 206 Å². The van der Waals surface area contributed by atoms with Crippen LogP contribution in [0, 0.1) is 0 Å². The Balaban J connectivity index is 1.11. The monoisotopic (exact) mass is 686 g/mol. The van der Waals surface area contributed by atoms with E-state index in [2.05, 4.69) is 215 Å². The first-order valence-corrected chi connectivity index (χ1v) is 18.6. The first-order chi connectivity index (χ1) is 26.8. The molecule has 2 nitrogen and oxygen atoms in total. The molecular weight excluding hydrogens is 653 g/mol. The zero-order chi connectivity index (χ0) is 35.6. The maximum absolute atomic E-state index is 2.44. The molecule has 2 heteroatoms. The van der Waals surface area contributed by atoms with E-state index in [-0.39, 0.29) is 0 Å². The third-order valence-corrected chi connectivity index (χ3v) is 11.1. The molecule has 11 aromatic rings. The van der Waals surface area contributed by atoms with Gasteiger partial charge in [-0.1, -0.05) is 146 Å². The van der Waals surface area contributed by atoms with Gasteiger partial charge in [-0.2, -0.15) is 0 Å². The predicted octanol–water partition coefficient (Wildman–Crippen LogP) is 14.0. The van der Waals surface area contributed by atoms with Crippen LogP contribution in [0.3, 0.4) is 0 Å². The highest BCUT2D eigenvalue weighted by Crippen LogP contribution is 2.40. The van der Waals surface area contributed by atoms with Crippen LogP contribution in [0.4, 0.5) is 0 Å². The summed E-state index contributed by atoms with van der Waals surface area (Å²) in [6, 6.07) is 75.3. The Morgan fingerprint density at radius 1 is 0.222 bits per heavy atom. The van der Waals surface area contributed by atoms with Gasteiger partial charge in [-0.15, -0.1) is 0 Å². The van der Waals surface area contributed by atoms with Crippen LogP contribution in [0.1, 0.15) is 0 Å². The molecular formula is C52H34N2. The van der Waals surface area contributed by atoms with Gasteiger partial charge in [0.1, 0.15) is 0 Å². The summed E-state index contributed by atoms with van der Waals surface area (Å²) >= 11 is 0. The van der Waals surface area contributed by atoms with Gasteiger partial charge in [0.15, 0.2) is 0 Å². The van der Waals surface area contributed by atoms with E-state index in [0.29, 0.717) is 0 Å². The van der Waals surface area contributed by atoms with E-state index in [0.717, 1.165) is 5.69 Å². The van der Waals surface area contributed by atoms with Crippen molar-refractivity contribution in [3.63, 3.8) is 0 Å². The molecule has 2 aromatic heterocycles. The van der Waals surface area contributed by atoms with Crippen molar-refractivity contribution in [1.29, 1.82) is 0 Å². The highest BCUT2D eigenvalue weighted by Gasteiger charge is 2.17. The SMILES string of the molecule is c1ccc(-c2cc(-c3ccccc3)cc(-n3c4ccccc4c4cc(-c5ccc6c7ccccc7n(-c7ccc8ccccc8c7)c6c5)ccc43)c2)cc1. The smallest absolute Gasteiger partial charge is 0.0547 e. The molecule has 0 amide bonds. The van der Waals surface area contributed by atoms with Crippen molar-refractivity contribution >= 4 is 54.4 Å². The number of rotatable bonds is 5. The summed E-state index contributed by atoms with van der Waals surface area (Å²) in [4.78, 5) is 0. The summed E-state index contributed by atoms with van der Waals surface area (Å²) in [7, 11) is 0. The molecule has 0 aliphatic rings. The zero-order valence-corrected chi connectivity index (χ0v) is 29.5. The minimum atomic E-state index is 1.15. The Bertz CT molecular complexity index is 3140. The third-order valence-electron chi connectivity index (χ3n) is 11.1. The van der Waals surface area contributed by atoms with E-state index < -0.39 is 0 Å². The highest BCUT2D eigenvalue weighted by atomic mass is 15.0. The van der Waals surface area contributed by atoms with E-state index >= 15 is 0 Å². The molecule has 0 aliphatic carbocycles. The normalized spacial score (nSPS) is 11.7. The molecule has 0 spiro atoms. The average Bonchev–Trinajstić information content (AvgIpc) is 3.76. The van der Waals surface area contributed by atoms with Gasteiger partial charge in [0.2, 0.25) is 0 Å². The van der Waals surface area contributed by atoms with Crippen LogP contribution in [-0.2, 0) is 0 Å². The van der Waals surface area contributed by atoms with Gasteiger partial charge in [-0.3, -0.25) is 0 Å². The van der Waals surface area contributed by atoms with Crippen molar-refractivity contribution in [2.24, 2.45) is 0 Å². The Morgan fingerprint density at radius 3 is 1.44 bits per heavy atom. The molecule has 11 rings (SSSR count). The highest BCUT2D eigenvalue weighted by molar-refractivity contribution is 6.12. The number of para-hydroxylation sites is 2. The number of fused-ring (bicyclic) bond motifs is 7. The summed E-state index contributed by atoms with van der Waals surface area (Å²) in [6.45, 7) is 0. The Morgan fingerprint density at radius 2 is 0.741 bits per heavy atom. The van der Waals surface area contributed by atoms with Crippen LogP contribution < -0.4 is 0 Å². The molecule has 252 valence electrons. The van der Waals surface area contributed by atoms with Gasteiger partial charge in [0.05, 0.1) is 22.1 Å². The summed E-state index contributed by atoms with van der Waals surface area (Å²) in [5, 5.41) is 7.49. The first-order valence-electron chi connectivity index (χ1n) is 18.6. The summed E-state index contributed by atoms with van der Waals surface area (Å²) in [5.74, 6) is 0. The van der Waals surface area contributed by atoms with E-state index in [1.165, 1.54) is 93.5 Å². The third kappa shape index (κ3) is 4.88. The molecule has 0 saturated heterocycles. The molecule has 0 N–H and O–H groups in total. The molecule has 2 heterocycles. The maximum atomic E-state index is 2.44. The zero-order valence-electron chi connectivity index (χ0n) is 29.5. The van der Waals surface area contributed by atoms with Crippen molar-refractivity contribution in [3.8, 4) is 44.8 Å². The fourth-order valence-corrected chi connectivity index (χ4v) is 8.51. The fourth-order valence-electron chi connectivity index (χ4n) is 8.51. The van der Waals surface area contributed by atoms with Gasteiger partial charge in [-0.25, -0.2) is 0 Å². The minimum absolute atomic E-state index is 1.15. The summed E-state index contributed by atoms with van der Waals surface area (Å²) in [5.41, 5.74) is 14.3. The molecule has 0 radical (unpaired) electrons. The Hall–Kier alpha value is -7.16. The largest absolute Gasteiger partial charge is 0.309 e. The number of nitrogens with zero attached hydrogens (tertiary/aromatic N) is 2. The van der Waals surface area contributed by atoms with Crippen molar-refractivity contribution in [3.05, 3.63) is 206 Å². The number of hydrogen-bond donors (Lipinski definition) is 0. The second-order valence-electron chi connectivity index (χ2n) is 14.2. The number of benzene rings is 9. The van der Waals surface area contributed by atoms with Crippen LogP contribution in [-0.4, -0.2) is 9.13 Å². The molecule has 0 atom stereocenters. The van der Waals surface area contributed by atoms with Crippen LogP contribution in [0.5, 0.6) is 0 Å². The lowest BCUT2D eigenvalue weighted by Gasteiger charge is -2.14.